The zero-order valence-corrected chi connectivity index (χ0v) is 20.5. The van der Waals surface area contributed by atoms with Gasteiger partial charge in [-0.2, -0.15) is 4.31 Å². The first kappa shape index (κ1) is 24.2. The van der Waals surface area contributed by atoms with Gasteiger partial charge in [-0.05, 0) is 56.3 Å². The average molecular weight is 507 g/mol. The van der Waals surface area contributed by atoms with E-state index in [-0.39, 0.29) is 36.8 Å². The number of hydrogen-bond donors (Lipinski definition) is 1. The van der Waals surface area contributed by atoms with Gasteiger partial charge in [-0.25, -0.2) is 8.42 Å². The van der Waals surface area contributed by atoms with Gasteiger partial charge in [0.2, 0.25) is 11.8 Å². The normalized spacial score (nSPS) is 15.2. The van der Waals surface area contributed by atoms with Gasteiger partial charge in [0.25, 0.3) is 10.0 Å². The third kappa shape index (κ3) is 5.24. The minimum Gasteiger partial charge on any atom is -0.490 e. The van der Waals surface area contributed by atoms with Crippen molar-refractivity contribution in [3.8, 4) is 23.0 Å². The van der Waals surface area contributed by atoms with Crippen LogP contribution >= 0.6 is 11.3 Å². The third-order valence-electron chi connectivity index (χ3n) is 5.36. The summed E-state index contributed by atoms with van der Waals surface area (Å²) in [6, 6.07) is 8.58. The van der Waals surface area contributed by atoms with Crippen molar-refractivity contribution in [2.45, 2.75) is 30.9 Å². The Bertz CT molecular complexity index is 1220. The molecule has 0 spiro atoms. The molecule has 0 radical (unpaired) electrons. The molecular formula is C22H26N4O6S2. The highest BCUT2D eigenvalue weighted by molar-refractivity contribution is 7.91. The van der Waals surface area contributed by atoms with Crippen LogP contribution in [0.1, 0.15) is 26.7 Å². The molecule has 2 aromatic heterocycles. The highest BCUT2D eigenvalue weighted by Gasteiger charge is 2.33. The maximum atomic E-state index is 12.7. The molecule has 10 nitrogen and oxygen atoms in total. The number of carbonyl (C=O) groups is 1. The monoisotopic (exact) mass is 506 g/mol. The summed E-state index contributed by atoms with van der Waals surface area (Å²) >= 11 is 1.19. The number of sulfonamides is 1. The summed E-state index contributed by atoms with van der Waals surface area (Å²) in [5.41, 5.74) is 0.631. The van der Waals surface area contributed by atoms with Crippen LogP contribution in [0.5, 0.6) is 11.5 Å². The first-order valence-corrected chi connectivity index (χ1v) is 13.3. The Morgan fingerprint density at radius 1 is 1.15 bits per heavy atom. The molecule has 0 unspecified atom stereocenters. The molecule has 4 rings (SSSR count). The van der Waals surface area contributed by atoms with Gasteiger partial charge in [0.15, 0.2) is 11.5 Å². The Labute approximate surface area is 201 Å². The Balaban J connectivity index is 1.37. The molecule has 1 N–H and O–H groups in total. The summed E-state index contributed by atoms with van der Waals surface area (Å²) in [5.74, 6) is 0.796. The fourth-order valence-corrected chi connectivity index (χ4v) is 6.29. The lowest BCUT2D eigenvalue weighted by Gasteiger charge is -2.29. The number of rotatable bonds is 9. The van der Waals surface area contributed by atoms with Gasteiger partial charge in [0, 0.05) is 24.6 Å². The lowest BCUT2D eigenvalue weighted by atomic mass is 9.97. The molecule has 3 aromatic rings. The Morgan fingerprint density at radius 3 is 2.56 bits per heavy atom. The summed E-state index contributed by atoms with van der Waals surface area (Å²) in [5, 5.41) is 12.3. The topological polar surface area (TPSA) is 124 Å². The van der Waals surface area contributed by atoms with Crippen molar-refractivity contribution in [3.63, 3.8) is 0 Å². The fourth-order valence-electron chi connectivity index (χ4n) is 3.68. The number of piperidine rings is 1. The zero-order chi connectivity index (χ0) is 24.1. The van der Waals surface area contributed by atoms with Crippen molar-refractivity contribution in [2.24, 2.45) is 5.92 Å². The quantitative estimate of drug-likeness (QED) is 0.467. The van der Waals surface area contributed by atoms with Crippen LogP contribution in [0.15, 0.2) is 44.3 Å². The first-order valence-electron chi connectivity index (χ1n) is 11.0. The Morgan fingerprint density at radius 2 is 1.88 bits per heavy atom. The number of carbonyl (C=O) groups excluding carboxylic acids is 1. The maximum Gasteiger partial charge on any atom is 0.322 e. The van der Waals surface area contributed by atoms with Gasteiger partial charge >= 0.3 is 6.01 Å². The standard InChI is InChI=1S/C22H26N4O6S2/c1-3-30-17-8-7-16(14-18(17)31-4-2)21-24-25-22(32-21)23-20(27)15-9-11-26(12-10-15)34(28,29)19-6-5-13-33-19/h5-8,13-15H,3-4,9-12H2,1-2H3,(H,23,25,27). The average Bonchev–Trinajstić information content (AvgIpc) is 3.54. The van der Waals surface area contributed by atoms with Crippen molar-refractivity contribution in [2.75, 3.05) is 31.6 Å². The maximum absolute atomic E-state index is 12.7. The molecule has 1 amide bonds. The minimum atomic E-state index is -3.51. The van der Waals surface area contributed by atoms with E-state index in [9.17, 15) is 13.2 Å². The first-order chi connectivity index (χ1) is 16.4. The Kier molecular flexibility index (Phi) is 7.49. The van der Waals surface area contributed by atoms with Crippen molar-refractivity contribution in [3.05, 3.63) is 35.7 Å². The van der Waals surface area contributed by atoms with E-state index in [1.807, 2.05) is 13.8 Å². The fraction of sp³-hybridized carbons (Fsp3) is 0.409. The van der Waals surface area contributed by atoms with E-state index < -0.39 is 10.0 Å². The molecule has 0 atom stereocenters. The number of anilines is 1. The van der Waals surface area contributed by atoms with Crippen molar-refractivity contribution >= 4 is 33.3 Å². The number of amides is 1. The molecule has 0 bridgehead atoms. The molecule has 1 aliphatic heterocycles. The minimum absolute atomic E-state index is 0.0134. The molecule has 34 heavy (non-hydrogen) atoms. The second kappa shape index (κ2) is 10.5. The third-order valence-corrected chi connectivity index (χ3v) is 8.63. The zero-order valence-electron chi connectivity index (χ0n) is 18.9. The summed E-state index contributed by atoms with van der Waals surface area (Å²) in [4.78, 5) is 12.7. The predicted molar refractivity (Wildman–Crippen MR) is 127 cm³/mol. The van der Waals surface area contributed by atoms with Crippen LogP contribution in [0.25, 0.3) is 11.5 Å². The molecule has 0 aliphatic carbocycles. The number of ether oxygens (including phenoxy) is 2. The lowest BCUT2D eigenvalue weighted by molar-refractivity contribution is -0.121. The number of nitrogens with zero attached hydrogens (tertiary/aromatic N) is 3. The van der Waals surface area contributed by atoms with Crippen molar-refractivity contribution in [1.82, 2.24) is 14.5 Å². The molecule has 1 saturated heterocycles. The van der Waals surface area contributed by atoms with E-state index in [4.69, 9.17) is 13.9 Å². The number of benzene rings is 1. The van der Waals surface area contributed by atoms with Crippen LogP contribution < -0.4 is 14.8 Å². The molecule has 3 heterocycles. The van der Waals surface area contributed by atoms with Crippen LogP contribution in [-0.2, 0) is 14.8 Å². The van der Waals surface area contributed by atoms with Crippen LogP contribution in [0.4, 0.5) is 6.01 Å². The molecule has 1 aliphatic rings. The second-order valence-electron chi connectivity index (χ2n) is 7.54. The predicted octanol–water partition coefficient (Wildman–Crippen LogP) is 3.63. The molecule has 182 valence electrons. The van der Waals surface area contributed by atoms with Crippen LogP contribution in [-0.4, -0.2) is 55.1 Å². The summed E-state index contributed by atoms with van der Waals surface area (Å²) in [6.45, 7) is 5.31. The molecule has 1 fully saturated rings. The highest BCUT2D eigenvalue weighted by atomic mass is 32.2. The number of nitrogens with one attached hydrogen (secondary N) is 1. The summed E-state index contributed by atoms with van der Waals surface area (Å²) in [6.07, 6.45) is 0.822. The lowest BCUT2D eigenvalue weighted by Crippen LogP contribution is -2.41. The van der Waals surface area contributed by atoms with E-state index in [2.05, 4.69) is 15.5 Å². The largest absolute Gasteiger partial charge is 0.490 e. The molecule has 1 aromatic carbocycles. The van der Waals surface area contributed by atoms with E-state index >= 15 is 0 Å². The van der Waals surface area contributed by atoms with Gasteiger partial charge in [-0.1, -0.05) is 11.2 Å². The van der Waals surface area contributed by atoms with Crippen LogP contribution in [0.3, 0.4) is 0 Å². The van der Waals surface area contributed by atoms with Gasteiger partial charge < -0.3 is 13.9 Å². The molecule has 12 heteroatoms. The number of hydrogen-bond acceptors (Lipinski definition) is 9. The van der Waals surface area contributed by atoms with Gasteiger partial charge in [0.1, 0.15) is 4.21 Å². The van der Waals surface area contributed by atoms with Gasteiger partial charge in [-0.3, -0.25) is 10.1 Å². The molecule has 0 saturated carbocycles. The van der Waals surface area contributed by atoms with E-state index in [1.165, 1.54) is 15.6 Å². The Hall–Kier alpha value is -2.96. The van der Waals surface area contributed by atoms with Crippen molar-refractivity contribution in [1.29, 1.82) is 0 Å². The van der Waals surface area contributed by atoms with E-state index in [0.29, 0.717) is 47.3 Å². The summed E-state index contributed by atoms with van der Waals surface area (Å²) < 4.78 is 43.9. The second-order valence-corrected chi connectivity index (χ2v) is 10.7. The van der Waals surface area contributed by atoms with E-state index in [0.717, 1.165) is 0 Å². The van der Waals surface area contributed by atoms with Gasteiger partial charge in [0.05, 0.1) is 13.2 Å². The highest BCUT2D eigenvalue weighted by Crippen LogP contribution is 2.33. The smallest absolute Gasteiger partial charge is 0.322 e. The van der Waals surface area contributed by atoms with Crippen molar-refractivity contribution < 1.29 is 27.1 Å². The van der Waals surface area contributed by atoms with E-state index in [1.54, 1.807) is 35.7 Å². The van der Waals surface area contributed by atoms with Gasteiger partial charge in [-0.15, -0.1) is 16.4 Å². The summed E-state index contributed by atoms with van der Waals surface area (Å²) in [7, 11) is -3.51. The van der Waals surface area contributed by atoms with Crippen LogP contribution in [0.2, 0.25) is 0 Å². The number of aromatic nitrogens is 2. The molecular weight excluding hydrogens is 480 g/mol. The number of thiophene rings is 1. The SMILES string of the molecule is CCOc1ccc(-c2nnc(NC(=O)C3CCN(S(=O)(=O)c4cccs4)CC3)o2)cc1OCC. The van der Waals surface area contributed by atoms with Crippen LogP contribution in [0, 0.1) is 5.92 Å².